The Kier molecular flexibility index (Phi) is 5.89. The summed E-state index contributed by atoms with van der Waals surface area (Å²) in [6, 6.07) is 10.6. The van der Waals surface area contributed by atoms with Gasteiger partial charge < -0.3 is 0 Å². The van der Waals surface area contributed by atoms with Crippen molar-refractivity contribution in [3.05, 3.63) is 30.3 Å². The fourth-order valence-electron chi connectivity index (χ4n) is 1.91. The van der Waals surface area contributed by atoms with Gasteiger partial charge in [-0.3, -0.25) is 0 Å². The SMILES string of the molecule is C[Si](C)(C)C#CCO[C@H]1OCC[C@@H]1[Se]c1ccccc1. The van der Waals surface area contributed by atoms with Gasteiger partial charge in [-0.05, 0) is 0 Å². The molecule has 0 aliphatic carbocycles. The van der Waals surface area contributed by atoms with Gasteiger partial charge in [0.25, 0.3) is 0 Å². The molecule has 1 fully saturated rings. The predicted molar refractivity (Wildman–Crippen MR) is 87.0 cm³/mol. The number of hydrogen-bond donors (Lipinski definition) is 0. The van der Waals surface area contributed by atoms with E-state index in [1.165, 1.54) is 4.46 Å². The summed E-state index contributed by atoms with van der Waals surface area (Å²) in [5, 5.41) is 0. The number of benzene rings is 1. The average molecular weight is 353 g/mol. The van der Waals surface area contributed by atoms with Crippen LogP contribution < -0.4 is 4.46 Å². The zero-order valence-corrected chi connectivity index (χ0v) is 15.1. The molecule has 1 aromatic carbocycles. The molecule has 20 heavy (non-hydrogen) atoms. The van der Waals surface area contributed by atoms with Gasteiger partial charge in [-0.25, -0.2) is 0 Å². The summed E-state index contributed by atoms with van der Waals surface area (Å²) in [6.07, 6.45) is 1.03. The molecule has 0 aromatic heterocycles. The first-order valence-electron chi connectivity index (χ1n) is 6.99. The van der Waals surface area contributed by atoms with E-state index < -0.39 is 8.07 Å². The molecule has 0 amide bonds. The molecule has 4 heteroatoms. The van der Waals surface area contributed by atoms with Crippen molar-refractivity contribution in [2.45, 2.75) is 37.2 Å². The topological polar surface area (TPSA) is 18.5 Å². The van der Waals surface area contributed by atoms with Crippen molar-refractivity contribution in [1.29, 1.82) is 0 Å². The van der Waals surface area contributed by atoms with E-state index in [0.29, 0.717) is 26.4 Å². The monoisotopic (exact) mass is 354 g/mol. The third-order valence-corrected chi connectivity index (χ3v) is 6.47. The van der Waals surface area contributed by atoms with Crippen molar-refractivity contribution in [3.63, 3.8) is 0 Å². The minimum atomic E-state index is -1.29. The van der Waals surface area contributed by atoms with Crippen LogP contribution in [0.25, 0.3) is 0 Å². The number of hydrogen-bond acceptors (Lipinski definition) is 2. The van der Waals surface area contributed by atoms with Crippen molar-refractivity contribution in [2.75, 3.05) is 13.2 Å². The van der Waals surface area contributed by atoms with Crippen molar-refractivity contribution in [1.82, 2.24) is 0 Å². The van der Waals surface area contributed by atoms with Crippen molar-refractivity contribution in [2.24, 2.45) is 0 Å². The van der Waals surface area contributed by atoms with Gasteiger partial charge in [0.05, 0.1) is 0 Å². The maximum absolute atomic E-state index is 5.83. The van der Waals surface area contributed by atoms with Crippen molar-refractivity contribution >= 4 is 27.5 Å². The second-order valence-corrected chi connectivity index (χ2v) is 13.4. The first-order chi connectivity index (χ1) is 9.54. The quantitative estimate of drug-likeness (QED) is 0.612. The number of rotatable bonds is 4. The third kappa shape index (κ3) is 5.44. The van der Waals surface area contributed by atoms with Crippen LogP contribution in [-0.4, -0.2) is 42.5 Å². The van der Waals surface area contributed by atoms with Crippen LogP contribution in [0.3, 0.4) is 0 Å². The Morgan fingerprint density at radius 1 is 1.30 bits per heavy atom. The molecule has 2 nitrogen and oxygen atoms in total. The average Bonchev–Trinajstić information content (AvgIpc) is 2.82. The summed E-state index contributed by atoms with van der Waals surface area (Å²) in [6.45, 7) is 8.04. The van der Waals surface area contributed by atoms with Crippen LogP contribution in [0.5, 0.6) is 0 Å². The van der Waals surface area contributed by atoms with Crippen LogP contribution in [-0.2, 0) is 9.47 Å². The van der Waals surface area contributed by atoms with Crippen LogP contribution in [0, 0.1) is 11.5 Å². The maximum atomic E-state index is 5.83. The molecule has 2 rings (SSSR count). The standard InChI is InChI=1S/C16H22O2SeSi/c1-20(2,3)13-7-11-17-16-15(10-12-18-16)19-14-8-5-4-6-9-14/h4-6,8-9,15-16H,10-12H2,1-3H3/t15-,16-/m0/s1. The molecule has 0 spiro atoms. The van der Waals surface area contributed by atoms with Crippen molar-refractivity contribution in [3.8, 4) is 11.5 Å². The summed E-state index contributed by atoms with van der Waals surface area (Å²) in [5.41, 5.74) is 3.32. The number of ether oxygens (including phenoxy) is 2. The predicted octanol–water partition coefficient (Wildman–Crippen LogP) is 2.45. The van der Waals surface area contributed by atoms with Gasteiger partial charge in [-0.15, -0.1) is 0 Å². The molecule has 2 atom stereocenters. The molecule has 1 saturated heterocycles. The van der Waals surface area contributed by atoms with E-state index in [-0.39, 0.29) is 6.29 Å². The second kappa shape index (κ2) is 7.45. The first-order valence-corrected chi connectivity index (χ1v) is 12.3. The Labute approximate surface area is 129 Å². The summed E-state index contributed by atoms with van der Waals surface area (Å²) >= 11 is 0.411. The fraction of sp³-hybridized carbons (Fsp3) is 0.500. The Morgan fingerprint density at radius 3 is 2.75 bits per heavy atom. The molecule has 0 bridgehead atoms. The molecule has 0 unspecified atom stereocenters. The van der Waals surface area contributed by atoms with Gasteiger partial charge in [0.15, 0.2) is 0 Å². The molecule has 0 saturated carbocycles. The van der Waals surface area contributed by atoms with Crippen LogP contribution in [0.15, 0.2) is 30.3 Å². The van der Waals surface area contributed by atoms with Gasteiger partial charge in [0.2, 0.25) is 0 Å². The summed E-state index contributed by atoms with van der Waals surface area (Å²) in [4.78, 5) is 0.513. The molecule has 0 radical (unpaired) electrons. The first kappa shape index (κ1) is 15.8. The fourth-order valence-corrected chi connectivity index (χ4v) is 4.92. The Hall–Kier alpha value is -0.564. The second-order valence-electron chi connectivity index (χ2n) is 5.86. The summed E-state index contributed by atoms with van der Waals surface area (Å²) in [7, 11) is -1.29. The zero-order chi connectivity index (χ0) is 14.4. The third-order valence-electron chi connectivity index (χ3n) is 2.80. The Balaban J connectivity index is 1.83. The van der Waals surface area contributed by atoms with E-state index in [1.807, 2.05) is 0 Å². The molecular weight excluding hydrogens is 331 g/mol. The van der Waals surface area contributed by atoms with E-state index in [4.69, 9.17) is 9.47 Å². The molecule has 0 N–H and O–H groups in total. The zero-order valence-electron chi connectivity index (χ0n) is 12.4. The van der Waals surface area contributed by atoms with Crippen LogP contribution >= 0.6 is 0 Å². The van der Waals surface area contributed by atoms with Crippen LogP contribution in [0.1, 0.15) is 6.42 Å². The molecule has 1 aromatic rings. The van der Waals surface area contributed by atoms with E-state index in [1.54, 1.807) is 0 Å². The Morgan fingerprint density at radius 2 is 2.05 bits per heavy atom. The van der Waals surface area contributed by atoms with E-state index in [2.05, 4.69) is 61.4 Å². The van der Waals surface area contributed by atoms with Crippen molar-refractivity contribution < 1.29 is 9.47 Å². The normalized spacial score (nSPS) is 22.4. The van der Waals surface area contributed by atoms with Crippen LogP contribution in [0.4, 0.5) is 0 Å². The van der Waals surface area contributed by atoms with Gasteiger partial charge in [-0.1, -0.05) is 0 Å². The summed E-state index contributed by atoms with van der Waals surface area (Å²) in [5.74, 6) is 3.15. The van der Waals surface area contributed by atoms with E-state index in [0.717, 1.165) is 13.0 Å². The minimum absolute atomic E-state index is 0.0638. The van der Waals surface area contributed by atoms with E-state index >= 15 is 0 Å². The summed E-state index contributed by atoms with van der Waals surface area (Å²) < 4.78 is 12.9. The molecule has 108 valence electrons. The molecule has 1 heterocycles. The van der Waals surface area contributed by atoms with Gasteiger partial charge in [-0.2, -0.15) is 0 Å². The van der Waals surface area contributed by atoms with Gasteiger partial charge in [0, 0.05) is 0 Å². The van der Waals surface area contributed by atoms with Crippen LogP contribution in [0.2, 0.25) is 24.5 Å². The molecule has 1 aliphatic heterocycles. The molecular formula is C16H22O2SeSi. The van der Waals surface area contributed by atoms with Gasteiger partial charge >= 0.3 is 129 Å². The molecule has 1 aliphatic rings. The van der Waals surface area contributed by atoms with E-state index in [9.17, 15) is 0 Å². The van der Waals surface area contributed by atoms with Gasteiger partial charge in [0.1, 0.15) is 0 Å². The Bertz CT molecular complexity index is 473.